The maximum absolute atomic E-state index is 14.2. The fourth-order valence-electron chi connectivity index (χ4n) is 6.34. The molecule has 2 saturated carbocycles. The highest BCUT2D eigenvalue weighted by Crippen LogP contribution is 2.46. The lowest BCUT2D eigenvalue weighted by Gasteiger charge is -2.37. The highest BCUT2D eigenvalue weighted by atomic mass is 16.5. The van der Waals surface area contributed by atoms with E-state index in [0.717, 1.165) is 25.7 Å². The molecule has 2 aliphatic carbocycles. The minimum absolute atomic E-state index is 0.0345. The number of primary amides is 1. The van der Waals surface area contributed by atoms with E-state index in [1.165, 1.54) is 4.90 Å². The Bertz CT molecular complexity index is 1110. The second-order valence-corrected chi connectivity index (χ2v) is 15.0. The highest BCUT2D eigenvalue weighted by Gasteiger charge is 2.48. The summed E-state index contributed by atoms with van der Waals surface area (Å²) < 4.78 is 5.92. The molecule has 45 heavy (non-hydrogen) atoms. The Balaban J connectivity index is 1.77. The van der Waals surface area contributed by atoms with E-state index >= 15 is 0 Å². The van der Waals surface area contributed by atoms with Crippen LogP contribution in [0.1, 0.15) is 100 Å². The molecule has 3 fully saturated rings. The van der Waals surface area contributed by atoms with E-state index < -0.39 is 65.1 Å². The minimum Gasteiger partial charge on any atom is -0.460 e. The Morgan fingerprint density at radius 1 is 0.889 bits per heavy atom. The minimum atomic E-state index is -1.13. The summed E-state index contributed by atoms with van der Waals surface area (Å²) in [6.45, 7) is 15.1. The van der Waals surface area contributed by atoms with Gasteiger partial charge < -0.3 is 31.3 Å². The van der Waals surface area contributed by atoms with Crippen molar-refractivity contribution in [1.82, 2.24) is 20.9 Å². The molecule has 1 heterocycles. The van der Waals surface area contributed by atoms with Crippen LogP contribution in [0.15, 0.2) is 0 Å². The molecule has 12 nitrogen and oxygen atoms in total. The van der Waals surface area contributed by atoms with E-state index in [0.29, 0.717) is 24.7 Å². The van der Waals surface area contributed by atoms with Crippen molar-refractivity contribution < 1.29 is 33.5 Å². The van der Waals surface area contributed by atoms with Crippen LogP contribution in [0.4, 0.5) is 4.79 Å². The van der Waals surface area contributed by atoms with Gasteiger partial charge in [-0.3, -0.25) is 19.2 Å². The van der Waals surface area contributed by atoms with Gasteiger partial charge in [-0.1, -0.05) is 61.8 Å². The summed E-state index contributed by atoms with van der Waals surface area (Å²) in [5.41, 5.74) is 4.47. The molecule has 0 bridgehead atoms. The number of urea groups is 1. The lowest BCUT2D eigenvalue weighted by atomic mass is 9.84. The topological polar surface area (TPSA) is 177 Å². The fourth-order valence-corrected chi connectivity index (χ4v) is 6.34. The number of hydrogen-bond acceptors (Lipinski definition) is 7. The van der Waals surface area contributed by atoms with E-state index in [-0.39, 0.29) is 36.8 Å². The number of esters is 1. The standard InChI is InChI=1S/C33H55N5O7/c1-9-10-22(25(39)28(34)40)35-29(41)24-21(17(2)3)15-16-38(24)30(42)27(33(6,7)8)37-32(44)36-23(18(4)5)31(43)45-26(19-11-12-19)20-13-14-20/h17-24,26-27H,9-16H2,1-8H3,(H2,34,40)(H,35,41)(H2,36,37,44)/t21-,22?,23+,24+,27-/m1/s1. The molecular formula is C33H55N5O7. The van der Waals surface area contributed by atoms with Crippen LogP contribution in [0, 0.1) is 35.0 Å². The maximum Gasteiger partial charge on any atom is 0.329 e. The van der Waals surface area contributed by atoms with Crippen LogP contribution in [-0.2, 0) is 28.7 Å². The lowest BCUT2D eigenvalue weighted by molar-refractivity contribution is -0.155. The molecule has 3 aliphatic rings. The van der Waals surface area contributed by atoms with Crippen LogP contribution in [0.2, 0.25) is 0 Å². The molecule has 5 atom stereocenters. The third kappa shape index (κ3) is 9.42. The maximum atomic E-state index is 14.2. The fraction of sp³-hybridized carbons (Fsp3) is 0.818. The molecule has 5 amide bonds. The van der Waals surface area contributed by atoms with E-state index in [2.05, 4.69) is 16.0 Å². The van der Waals surface area contributed by atoms with Gasteiger partial charge in [0.05, 0.1) is 6.04 Å². The Labute approximate surface area is 267 Å². The number of ketones is 1. The van der Waals surface area contributed by atoms with Crippen molar-refractivity contribution in [3.8, 4) is 0 Å². The second kappa shape index (κ2) is 14.9. The lowest BCUT2D eigenvalue weighted by Crippen LogP contribution is -2.62. The summed E-state index contributed by atoms with van der Waals surface area (Å²) in [6.07, 6.45) is 5.43. The number of nitrogens with zero attached hydrogens (tertiary/aromatic N) is 1. The number of hydrogen-bond donors (Lipinski definition) is 4. The first kappa shape index (κ1) is 36.3. The summed E-state index contributed by atoms with van der Waals surface area (Å²) in [5, 5.41) is 8.24. The number of nitrogens with two attached hydrogens (primary N) is 1. The van der Waals surface area contributed by atoms with Crippen LogP contribution >= 0.6 is 0 Å². The third-order valence-corrected chi connectivity index (χ3v) is 9.33. The van der Waals surface area contributed by atoms with Gasteiger partial charge in [0.15, 0.2) is 0 Å². The number of Topliss-reactive ketones (excluding diaryl/α,β-unsaturated/α-hetero) is 1. The SMILES string of the molecule is CCCC(NC(=O)[C@@H]1[C@@H](C(C)C)CCN1C(=O)[C@@H](NC(=O)N[C@H](C(=O)OC(C1CC1)C1CC1)C(C)C)C(C)(C)C)C(=O)C(N)=O. The zero-order chi connectivity index (χ0) is 33.8. The first-order valence-electron chi connectivity index (χ1n) is 16.7. The average molecular weight is 634 g/mol. The van der Waals surface area contributed by atoms with E-state index in [1.807, 2.05) is 55.4 Å². The second-order valence-electron chi connectivity index (χ2n) is 15.0. The third-order valence-electron chi connectivity index (χ3n) is 9.33. The molecule has 1 aliphatic heterocycles. The van der Waals surface area contributed by atoms with Crippen molar-refractivity contribution in [3.05, 3.63) is 0 Å². The normalized spacial score (nSPS) is 22.2. The summed E-state index contributed by atoms with van der Waals surface area (Å²) in [4.78, 5) is 80.1. The van der Waals surface area contributed by atoms with Gasteiger partial charge in [-0.25, -0.2) is 9.59 Å². The Morgan fingerprint density at radius 3 is 1.91 bits per heavy atom. The molecule has 0 aromatic carbocycles. The van der Waals surface area contributed by atoms with Crippen LogP contribution in [0.3, 0.4) is 0 Å². The molecule has 5 N–H and O–H groups in total. The molecule has 0 aromatic heterocycles. The zero-order valence-electron chi connectivity index (χ0n) is 28.3. The summed E-state index contributed by atoms with van der Waals surface area (Å²) in [5.74, 6) is -3.08. The Kier molecular flexibility index (Phi) is 12.0. The molecule has 3 rings (SSSR count). The first-order chi connectivity index (χ1) is 21.0. The van der Waals surface area contributed by atoms with Crippen molar-refractivity contribution in [3.63, 3.8) is 0 Å². The smallest absolute Gasteiger partial charge is 0.329 e. The largest absolute Gasteiger partial charge is 0.460 e. The van der Waals surface area contributed by atoms with Crippen LogP contribution in [0.5, 0.6) is 0 Å². The van der Waals surface area contributed by atoms with Crippen molar-refractivity contribution in [2.45, 2.75) is 131 Å². The molecule has 0 aromatic rings. The van der Waals surface area contributed by atoms with Gasteiger partial charge in [0, 0.05) is 6.54 Å². The van der Waals surface area contributed by atoms with Crippen molar-refractivity contribution >= 4 is 35.5 Å². The number of rotatable bonds is 15. The number of carbonyl (C=O) groups excluding carboxylic acids is 6. The van der Waals surface area contributed by atoms with Gasteiger partial charge in [-0.05, 0) is 73.5 Å². The van der Waals surface area contributed by atoms with Gasteiger partial charge in [0.25, 0.3) is 5.91 Å². The highest BCUT2D eigenvalue weighted by molar-refractivity contribution is 6.37. The molecule has 0 spiro atoms. The van der Waals surface area contributed by atoms with Gasteiger partial charge in [0.2, 0.25) is 17.6 Å². The van der Waals surface area contributed by atoms with Crippen LogP contribution in [-0.4, -0.2) is 77.2 Å². The first-order valence-corrected chi connectivity index (χ1v) is 16.7. The van der Waals surface area contributed by atoms with Gasteiger partial charge in [-0.2, -0.15) is 0 Å². The van der Waals surface area contributed by atoms with Crippen LogP contribution in [0.25, 0.3) is 0 Å². The molecular weight excluding hydrogens is 578 g/mol. The monoisotopic (exact) mass is 633 g/mol. The number of ether oxygens (including phenoxy) is 1. The quantitative estimate of drug-likeness (QED) is 0.158. The van der Waals surface area contributed by atoms with Crippen LogP contribution < -0.4 is 21.7 Å². The number of amides is 5. The molecule has 0 radical (unpaired) electrons. The molecule has 12 heteroatoms. The number of carbonyl (C=O) groups is 6. The zero-order valence-corrected chi connectivity index (χ0v) is 28.3. The predicted molar refractivity (Wildman–Crippen MR) is 168 cm³/mol. The Hall–Kier alpha value is -3.18. The number of nitrogens with one attached hydrogen (secondary N) is 3. The number of likely N-dealkylation sites (tertiary alicyclic amines) is 1. The average Bonchev–Trinajstić information content (AvgIpc) is 3.89. The van der Waals surface area contributed by atoms with Gasteiger partial charge >= 0.3 is 12.0 Å². The van der Waals surface area contributed by atoms with E-state index in [4.69, 9.17) is 10.5 Å². The van der Waals surface area contributed by atoms with Crippen molar-refractivity contribution in [2.24, 2.45) is 40.7 Å². The molecule has 254 valence electrons. The predicted octanol–water partition coefficient (Wildman–Crippen LogP) is 2.67. The van der Waals surface area contributed by atoms with Gasteiger partial charge in [-0.15, -0.1) is 0 Å². The van der Waals surface area contributed by atoms with E-state index in [1.54, 1.807) is 0 Å². The summed E-state index contributed by atoms with van der Waals surface area (Å²) >= 11 is 0. The Morgan fingerprint density at radius 2 is 1.47 bits per heavy atom. The van der Waals surface area contributed by atoms with E-state index in [9.17, 15) is 28.8 Å². The summed E-state index contributed by atoms with van der Waals surface area (Å²) in [7, 11) is 0. The van der Waals surface area contributed by atoms with Crippen molar-refractivity contribution in [1.29, 1.82) is 0 Å². The summed E-state index contributed by atoms with van der Waals surface area (Å²) in [6, 6.07) is -4.60. The van der Waals surface area contributed by atoms with Crippen molar-refractivity contribution in [2.75, 3.05) is 6.54 Å². The molecule has 1 unspecified atom stereocenters. The molecule has 1 saturated heterocycles. The van der Waals surface area contributed by atoms with Gasteiger partial charge in [0.1, 0.15) is 24.2 Å².